The van der Waals surface area contributed by atoms with Crippen molar-refractivity contribution >= 4 is 12.0 Å². The largest absolute Gasteiger partial charge is 0.475 e. The molecule has 2 heterocycles. The van der Waals surface area contributed by atoms with E-state index in [-0.39, 0.29) is 18.3 Å². The molecule has 2 amide bonds. The number of nitrogens with zero attached hydrogens (tertiary/aromatic N) is 1. The molecule has 0 fully saturated rings. The van der Waals surface area contributed by atoms with Gasteiger partial charge in [-0.25, -0.2) is 9.59 Å². The molecule has 0 spiro atoms. The molecule has 0 atom stereocenters. The van der Waals surface area contributed by atoms with Gasteiger partial charge in [0.25, 0.3) is 0 Å². The van der Waals surface area contributed by atoms with Crippen LogP contribution in [0.4, 0.5) is 4.79 Å². The van der Waals surface area contributed by atoms with Gasteiger partial charge in [0.15, 0.2) is 0 Å². The van der Waals surface area contributed by atoms with E-state index in [4.69, 9.17) is 9.52 Å². The van der Waals surface area contributed by atoms with Gasteiger partial charge in [-0.2, -0.15) is 0 Å². The van der Waals surface area contributed by atoms with Crippen LogP contribution in [0.25, 0.3) is 0 Å². The zero-order chi connectivity index (χ0) is 15.2. The Morgan fingerprint density at radius 3 is 2.57 bits per heavy atom. The highest BCUT2D eigenvalue weighted by atomic mass is 16.4. The molecule has 0 saturated carbocycles. The summed E-state index contributed by atoms with van der Waals surface area (Å²) in [5.41, 5.74) is 1.80. The standard InChI is InChI=1S/C14H15N3O4/c1-9-2-3-10(6-15-9)7-16-14(20)17-8-11-4-5-12(21-11)13(18)19/h2-6H,7-8H2,1H3,(H,18,19)(H2,16,17,20). The number of carboxylic acid groups (broad SMARTS) is 1. The first-order chi connectivity index (χ1) is 10.0. The van der Waals surface area contributed by atoms with E-state index in [1.165, 1.54) is 12.1 Å². The van der Waals surface area contributed by atoms with E-state index >= 15 is 0 Å². The van der Waals surface area contributed by atoms with Gasteiger partial charge in [0, 0.05) is 18.4 Å². The second-order valence-electron chi connectivity index (χ2n) is 4.42. The smallest absolute Gasteiger partial charge is 0.371 e. The maximum Gasteiger partial charge on any atom is 0.371 e. The lowest BCUT2D eigenvalue weighted by Gasteiger charge is -2.06. The summed E-state index contributed by atoms with van der Waals surface area (Å²) in [6.07, 6.45) is 1.70. The highest BCUT2D eigenvalue weighted by Crippen LogP contribution is 2.07. The van der Waals surface area contributed by atoms with Crippen LogP contribution in [0, 0.1) is 6.92 Å². The highest BCUT2D eigenvalue weighted by molar-refractivity contribution is 5.84. The van der Waals surface area contributed by atoms with Gasteiger partial charge in [-0.15, -0.1) is 0 Å². The Labute approximate surface area is 121 Å². The van der Waals surface area contributed by atoms with Crippen molar-refractivity contribution in [2.45, 2.75) is 20.0 Å². The molecule has 0 saturated heterocycles. The van der Waals surface area contributed by atoms with E-state index in [1.54, 1.807) is 6.20 Å². The molecule has 7 heteroatoms. The maximum atomic E-state index is 11.6. The number of carboxylic acids is 1. The van der Waals surface area contributed by atoms with Crippen LogP contribution in [0.3, 0.4) is 0 Å². The monoisotopic (exact) mass is 289 g/mol. The van der Waals surface area contributed by atoms with Crippen LogP contribution >= 0.6 is 0 Å². The second kappa shape index (κ2) is 6.56. The van der Waals surface area contributed by atoms with E-state index in [2.05, 4.69) is 15.6 Å². The molecule has 0 aliphatic rings. The Hall–Kier alpha value is -2.83. The van der Waals surface area contributed by atoms with E-state index in [9.17, 15) is 9.59 Å². The number of urea groups is 1. The lowest BCUT2D eigenvalue weighted by atomic mass is 10.2. The summed E-state index contributed by atoms with van der Waals surface area (Å²) in [7, 11) is 0. The van der Waals surface area contributed by atoms with Crippen LogP contribution < -0.4 is 10.6 Å². The normalized spacial score (nSPS) is 10.1. The number of aryl methyl sites for hydroxylation is 1. The van der Waals surface area contributed by atoms with Gasteiger partial charge < -0.3 is 20.2 Å². The van der Waals surface area contributed by atoms with Crippen LogP contribution in [-0.4, -0.2) is 22.1 Å². The summed E-state index contributed by atoms with van der Waals surface area (Å²) in [4.78, 5) is 26.4. The number of pyridine rings is 1. The zero-order valence-electron chi connectivity index (χ0n) is 11.4. The minimum Gasteiger partial charge on any atom is -0.475 e. The molecule has 21 heavy (non-hydrogen) atoms. The van der Waals surface area contributed by atoms with Gasteiger partial charge in [-0.1, -0.05) is 6.07 Å². The fourth-order valence-electron chi connectivity index (χ4n) is 1.60. The Kier molecular flexibility index (Phi) is 4.55. The fourth-order valence-corrected chi connectivity index (χ4v) is 1.60. The SMILES string of the molecule is Cc1ccc(CNC(=O)NCc2ccc(C(=O)O)o2)cn1. The minimum atomic E-state index is -1.14. The third-order valence-corrected chi connectivity index (χ3v) is 2.72. The van der Waals surface area contributed by atoms with Gasteiger partial charge >= 0.3 is 12.0 Å². The lowest BCUT2D eigenvalue weighted by Crippen LogP contribution is -2.34. The van der Waals surface area contributed by atoms with Gasteiger partial charge in [0.1, 0.15) is 5.76 Å². The summed E-state index contributed by atoms with van der Waals surface area (Å²) in [5, 5.41) is 14.0. The summed E-state index contributed by atoms with van der Waals surface area (Å²) in [5.74, 6) is -0.921. The van der Waals surface area contributed by atoms with E-state index in [0.717, 1.165) is 11.3 Å². The first-order valence-electron chi connectivity index (χ1n) is 6.30. The molecule has 0 aliphatic heterocycles. The number of aromatic carboxylic acids is 1. The molecule has 110 valence electrons. The molecular weight excluding hydrogens is 274 g/mol. The average molecular weight is 289 g/mol. The summed E-state index contributed by atoms with van der Waals surface area (Å²) in [6.45, 7) is 2.36. The Bertz CT molecular complexity index is 634. The van der Waals surface area contributed by atoms with Gasteiger partial charge in [-0.05, 0) is 30.7 Å². The first kappa shape index (κ1) is 14.6. The molecule has 7 nitrogen and oxygen atoms in total. The van der Waals surface area contributed by atoms with Crippen molar-refractivity contribution < 1.29 is 19.1 Å². The molecule has 2 aromatic heterocycles. The Morgan fingerprint density at radius 1 is 1.19 bits per heavy atom. The predicted molar refractivity (Wildman–Crippen MR) is 73.7 cm³/mol. The molecule has 3 N–H and O–H groups in total. The van der Waals surface area contributed by atoms with Crippen LogP contribution in [0.2, 0.25) is 0 Å². The number of rotatable bonds is 5. The van der Waals surface area contributed by atoms with Crippen LogP contribution in [0.1, 0.15) is 27.6 Å². The molecular formula is C14H15N3O4. The van der Waals surface area contributed by atoms with E-state index in [1.807, 2.05) is 19.1 Å². The van der Waals surface area contributed by atoms with Gasteiger partial charge in [0.05, 0.1) is 6.54 Å². The fraction of sp³-hybridized carbons (Fsp3) is 0.214. The van der Waals surface area contributed by atoms with Crippen molar-refractivity contribution in [2.75, 3.05) is 0 Å². The number of carbonyl (C=O) groups excluding carboxylic acids is 1. The number of hydrogen-bond acceptors (Lipinski definition) is 4. The molecule has 2 aromatic rings. The highest BCUT2D eigenvalue weighted by Gasteiger charge is 2.09. The molecule has 0 radical (unpaired) electrons. The Balaban J connectivity index is 1.76. The predicted octanol–water partition coefficient (Wildman–Crippen LogP) is 1.68. The number of carbonyl (C=O) groups is 2. The summed E-state index contributed by atoms with van der Waals surface area (Å²) in [6, 6.07) is 6.23. The quantitative estimate of drug-likeness (QED) is 0.776. The molecule has 0 unspecified atom stereocenters. The first-order valence-corrected chi connectivity index (χ1v) is 6.30. The summed E-state index contributed by atoms with van der Waals surface area (Å²) < 4.78 is 5.02. The topological polar surface area (TPSA) is 104 Å². The zero-order valence-corrected chi connectivity index (χ0v) is 11.4. The average Bonchev–Trinajstić information content (AvgIpc) is 2.93. The van der Waals surface area contributed by atoms with Crippen molar-refractivity contribution in [3.63, 3.8) is 0 Å². The third kappa shape index (κ3) is 4.34. The van der Waals surface area contributed by atoms with Crippen LogP contribution in [-0.2, 0) is 13.1 Å². The van der Waals surface area contributed by atoms with Crippen molar-refractivity contribution in [1.29, 1.82) is 0 Å². The summed E-state index contributed by atoms with van der Waals surface area (Å²) >= 11 is 0. The van der Waals surface area contributed by atoms with Crippen molar-refractivity contribution in [1.82, 2.24) is 15.6 Å². The number of aromatic nitrogens is 1. The van der Waals surface area contributed by atoms with E-state index in [0.29, 0.717) is 12.3 Å². The van der Waals surface area contributed by atoms with Gasteiger partial charge in [-0.3, -0.25) is 4.98 Å². The van der Waals surface area contributed by atoms with Gasteiger partial charge in [0.2, 0.25) is 5.76 Å². The molecule has 0 bridgehead atoms. The number of furan rings is 1. The van der Waals surface area contributed by atoms with Crippen LogP contribution in [0.15, 0.2) is 34.9 Å². The lowest BCUT2D eigenvalue weighted by molar-refractivity contribution is 0.0660. The molecule has 2 rings (SSSR count). The Morgan fingerprint density at radius 2 is 1.95 bits per heavy atom. The maximum absolute atomic E-state index is 11.6. The van der Waals surface area contributed by atoms with Crippen molar-refractivity contribution in [2.24, 2.45) is 0 Å². The number of amides is 2. The number of hydrogen-bond donors (Lipinski definition) is 3. The minimum absolute atomic E-state index is 0.116. The second-order valence-corrected chi connectivity index (χ2v) is 4.42. The van der Waals surface area contributed by atoms with Crippen LogP contribution in [0.5, 0.6) is 0 Å². The van der Waals surface area contributed by atoms with Crippen molar-refractivity contribution in [3.05, 3.63) is 53.2 Å². The van der Waals surface area contributed by atoms with Crippen molar-refractivity contribution in [3.8, 4) is 0 Å². The molecule has 0 aromatic carbocycles. The number of nitrogens with one attached hydrogen (secondary N) is 2. The third-order valence-electron chi connectivity index (χ3n) is 2.72. The van der Waals surface area contributed by atoms with E-state index < -0.39 is 5.97 Å². The molecule has 0 aliphatic carbocycles.